The lowest BCUT2D eigenvalue weighted by Gasteiger charge is -2.20. The molecule has 1 aromatic carbocycles. The van der Waals surface area contributed by atoms with Gasteiger partial charge in [0.05, 0.1) is 10.2 Å². The Balaban J connectivity index is 2.35. The highest BCUT2D eigenvalue weighted by Gasteiger charge is 2.20. The van der Waals surface area contributed by atoms with E-state index in [0.29, 0.717) is 12.0 Å². The van der Waals surface area contributed by atoms with Crippen LogP contribution in [0.25, 0.3) is 0 Å². The first-order valence-electron chi connectivity index (χ1n) is 6.80. The second-order valence-electron chi connectivity index (χ2n) is 4.98. The molecule has 0 aliphatic carbocycles. The standard InChI is InChI=1S/C15H18BrF2N3/c1-4-19-13(8-10-7-9(2)20-21(10)3)11-5-6-12(17)15(18)14(11)16/h5-7,13,19H,4,8H2,1-3H3. The lowest BCUT2D eigenvalue weighted by molar-refractivity contribution is 0.487. The summed E-state index contributed by atoms with van der Waals surface area (Å²) in [7, 11) is 1.88. The first-order valence-corrected chi connectivity index (χ1v) is 7.59. The van der Waals surface area contributed by atoms with Gasteiger partial charge in [0.25, 0.3) is 0 Å². The van der Waals surface area contributed by atoms with Crippen LogP contribution in [0.15, 0.2) is 22.7 Å². The number of hydrogen-bond acceptors (Lipinski definition) is 2. The van der Waals surface area contributed by atoms with E-state index in [1.165, 1.54) is 0 Å². The van der Waals surface area contributed by atoms with E-state index >= 15 is 0 Å². The predicted octanol–water partition coefficient (Wildman–Crippen LogP) is 3.66. The molecule has 114 valence electrons. The fraction of sp³-hybridized carbons (Fsp3) is 0.400. The Hall–Kier alpha value is -1.27. The van der Waals surface area contributed by atoms with Crippen LogP contribution in [-0.2, 0) is 13.5 Å². The van der Waals surface area contributed by atoms with Gasteiger partial charge in [0.1, 0.15) is 0 Å². The zero-order valence-electron chi connectivity index (χ0n) is 12.3. The Bertz CT molecular complexity index is 640. The third-order valence-electron chi connectivity index (χ3n) is 3.40. The van der Waals surface area contributed by atoms with Crippen LogP contribution in [0.2, 0.25) is 0 Å². The Labute approximate surface area is 131 Å². The third-order valence-corrected chi connectivity index (χ3v) is 4.21. The number of aromatic nitrogens is 2. The maximum absolute atomic E-state index is 13.7. The highest BCUT2D eigenvalue weighted by atomic mass is 79.9. The summed E-state index contributed by atoms with van der Waals surface area (Å²) in [6, 6.07) is 4.65. The van der Waals surface area contributed by atoms with Crippen molar-refractivity contribution in [2.24, 2.45) is 7.05 Å². The second-order valence-corrected chi connectivity index (χ2v) is 5.77. The quantitative estimate of drug-likeness (QED) is 0.827. The maximum atomic E-state index is 13.7. The molecule has 1 N–H and O–H groups in total. The first-order chi connectivity index (χ1) is 9.93. The highest BCUT2D eigenvalue weighted by Crippen LogP contribution is 2.30. The van der Waals surface area contributed by atoms with Crippen LogP contribution in [0.3, 0.4) is 0 Å². The van der Waals surface area contributed by atoms with Crippen molar-refractivity contribution >= 4 is 15.9 Å². The van der Waals surface area contributed by atoms with E-state index in [-0.39, 0.29) is 10.5 Å². The monoisotopic (exact) mass is 357 g/mol. The molecule has 0 bridgehead atoms. The van der Waals surface area contributed by atoms with Gasteiger partial charge in [-0.05, 0) is 47.1 Å². The zero-order valence-corrected chi connectivity index (χ0v) is 13.8. The van der Waals surface area contributed by atoms with Gasteiger partial charge in [-0.1, -0.05) is 13.0 Å². The zero-order chi connectivity index (χ0) is 15.6. The summed E-state index contributed by atoms with van der Waals surface area (Å²) >= 11 is 3.16. The van der Waals surface area contributed by atoms with Gasteiger partial charge < -0.3 is 5.32 Å². The molecule has 0 aliphatic heterocycles. The molecule has 1 heterocycles. The summed E-state index contributed by atoms with van der Waals surface area (Å²) in [6.45, 7) is 4.64. The summed E-state index contributed by atoms with van der Waals surface area (Å²) in [5.41, 5.74) is 2.68. The third kappa shape index (κ3) is 3.49. The van der Waals surface area contributed by atoms with E-state index in [1.54, 1.807) is 6.07 Å². The molecule has 2 rings (SSSR count). The summed E-state index contributed by atoms with van der Waals surface area (Å²) in [6.07, 6.45) is 0.648. The van der Waals surface area contributed by atoms with Gasteiger partial charge in [0.15, 0.2) is 11.6 Å². The van der Waals surface area contributed by atoms with E-state index in [9.17, 15) is 8.78 Å². The van der Waals surface area contributed by atoms with Crippen molar-refractivity contribution in [2.45, 2.75) is 26.3 Å². The molecule has 0 amide bonds. The van der Waals surface area contributed by atoms with Crippen LogP contribution in [0.5, 0.6) is 0 Å². The molecule has 0 saturated carbocycles. The Kier molecular flexibility index (Phi) is 5.11. The van der Waals surface area contributed by atoms with Gasteiger partial charge in [0.2, 0.25) is 0 Å². The number of likely N-dealkylation sites (N-methyl/N-ethyl adjacent to an activating group) is 1. The van der Waals surface area contributed by atoms with Crippen molar-refractivity contribution < 1.29 is 8.78 Å². The predicted molar refractivity (Wildman–Crippen MR) is 82.1 cm³/mol. The fourth-order valence-electron chi connectivity index (χ4n) is 2.41. The summed E-state index contributed by atoms with van der Waals surface area (Å²) in [5.74, 6) is -1.70. The molecule has 2 aromatic rings. The Morgan fingerprint density at radius 2 is 2.10 bits per heavy atom. The summed E-state index contributed by atoms with van der Waals surface area (Å²) < 4.78 is 29.0. The van der Waals surface area contributed by atoms with Gasteiger partial charge in [-0.25, -0.2) is 8.78 Å². The van der Waals surface area contributed by atoms with Crippen molar-refractivity contribution in [2.75, 3.05) is 6.54 Å². The van der Waals surface area contributed by atoms with Crippen molar-refractivity contribution in [3.05, 3.63) is 51.3 Å². The minimum atomic E-state index is -0.850. The topological polar surface area (TPSA) is 29.9 Å². The molecule has 0 fully saturated rings. The number of nitrogens with one attached hydrogen (secondary N) is 1. The Morgan fingerprint density at radius 1 is 1.38 bits per heavy atom. The molecule has 1 unspecified atom stereocenters. The van der Waals surface area contributed by atoms with Crippen molar-refractivity contribution in [3.8, 4) is 0 Å². The number of hydrogen-bond donors (Lipinski definition) is 1. The lowest BCUT2D eigenvalue weighted by atomic mass is 10.0. The normalized spacial score (nSPS) is 12.7. The number of halogens is 3. The molecule has 21 heavy (non-hydrogen) atoms. The van der Waals surface area contributed by atoms with E-state index in [2.05, 4.69) is 26.3 Å². The van der Waals surface area contributed by atoms with E-state index < -0.39 is 11.6 Å². The molecule has 0 aliphatic rings. The summed E-state index contributed by atoms with van der Waals surface area (Å²) in [5, 5.41) is 7.63. The molecule has 1 atom stereocenters. The van der Waals surface area contributed by atoms with Gasteiger partial charge >= 0.3 is 0 Å². The molecule has 1 aromatic heterocycles. The van der Waals surface area contributed by atoms with Crippen molar-refractivity contribution in [1.29, 1.82) is 0 Å². The maximum Gasteiger partial charge on any atom is 0.173 e. The molecule has 3 nitrogen and oxygen atoms in total. The van der Waals surface area contributed by atoms with Crippen LogP contribution < -0.4 is 5.32 Å². The van der Waals surface area contributed by atoms with Crippen LogP contribution in [0, 0.1) is 18.6 Å². The summed E-state index contributed by atoms with van der Waals surface area (Å²) in [4.78, 5) is 0. The van der Waals surface area contributed by atoms with E-state index in [0.717, 1.165) is 24.0 Å². The van der Waals surface area contributed by atoms with Crippen LogP contribution in [-0.4, -0.2) is 16.3 Å². The molecule has 0 spiro atoms. The minimum absolute atomic E-state index is 0.116. The average molecular weight is 358 g/mol. The van der Waals surface area contributed by atoms with Gasteiger partial charge in [-0.2, -0.15) is 5.10 Å². The molecule has 6 heteroatoms. The van der Waals surface area contributed by atoms with Crippen LogP contribution in [0.1, 0.15) is 29.9 Å². The molecule has 0 saturated heterocycles. The average Bonchev–Trinajstić information content (AvgIpc) is 2.74. The first kappa shape index (κ1) is 16.1. The van der Waals surface area contributed by atoms with Crippen LogP contribution in [0.4, 0.5) is 8.78 Å². The largest absolute Gasteiger partial charge is 0.310 e. The molecular weight excluding hydrogens is 340 g/mol. The number of rotatable bonds is 5. The smallest absolute Gasteiger partial charge is 0.173 e. The minimum Gasteiger partial charge on any atom is -0.310 e. The Morgan fingerprint density at radius 3 is 2.67 bits per heavy atom. The fourth-order valence-corrected chi connectivity index (χ4v) is 3.01. The number of aryl methyl sites for hydroxylation is 2. The molecular formula is C15H18BrF2N3. The van der Waals surface area contributed by atoms with Gasteiger partial charge in [-0.3, -0.25) is 4.68 Å². The van der Waals surface area contributed by atoms with Gasteiger partial charge in [-0.15, -0.1) is 0 Å². The highest BCUT2D eigenvalue weighted by molar-refractivity contribution is 9.10. The van der Waals surface area contributed by atoms with E-state index in [4.69, 9.17) is 0 Å². The second kappa shape index (κ2) is 6.66. The number of nitrogens with zero attached hydrogens (tertiary/aromatic N) is 2. The van der Waals surface area contributed by atoms with Crippen LogP contribution >= 0.6 is 15.9 Å². The van der Waals surface area contributed by atoms with Crippen molar-refractivity contribution in [3.63, 3.8) is 0 Å². The van der Waals surface area contributed by atoms with Gasteiger partial charge in [0, 0.05) is 25.2 Å². The van der Waals surface area contributed by atoms with E-state index in [1.807, 2.05) is 31.6 Å². The SMILES string of the molecule is CCNC(Cc1cc(C)nn1C)c1ccc(F)c(F)c1Br. The van der Waals surface area contributed by atoms with Crippen molar-refractivity contribution in [1.82, 2.24) is 15.1 Å². The lowest BCUT2D eigenvalue weighted by Crippen LogP contribution is -2.24. The molecule has 0 radical (unpaired) electrons. The number of benzene rings is 1.